The molecule has 0 amide bonds. The number of hydrogen-bond acceptors (Lipinski definition) is 3. The van der Waals surface area contributed by atoms with Crippen LogP contribution in [0, 0.1) is 5.82 Å². The number of fused-ring (bicyclic) bond motifs is 1. The fraction of sp³-hybridized carbons (Fsp3) is 0.417. The lowest BCUT2D eigenvalue weighted by Gasteiger charge is -2.14. The average molecular weight is 251 g/mol. The molecule has 90 valence electrons. The quantitative estimate of drug-likeness (QED) is 0.912. The van der Waals surface area contributed by atoms with Crippen LogP contribution < -0.4 is 5.73 Å². The molecule has 0 aliphatic heterocycles. The van der Waals surface area contributed by atoms with Crippen LogP contribution in [0.4, 0.5) is 10.3 Å². The van der Waals surface area contributed by atoms with Crippen molar-refractivity contribution in [2.75, 3.05) is 12.0 Å². The zero-order valence-electron chi connectivity index (χ0n) is 9.61. The summed E-state index contributed by atoms with van der Waals surface area (Å²) >= 11 is 1.88. The van der Waals surface area contributed by atoms with Crippen molar-refractivity contribution in [3.8, 4) is 0 Å². The smallest absolute Gasteiger partial charge is 0.201 e. The van der Waals surface area contributed by atoms with Crippen molar-refractivity contribution >= 4 is 28.7 Å². The lowest BCUT2D eigenvalue weighted by molar-refractivity contribution is 0.629. The summed E-state index contributed by atoms with van der Waals surface area (Å²) in [6.45, 7) is 0.863. The van der Waals surface area contributed by atoms with E-state index < -0.39 is 0 Å². The second kappa shape index (κ2) is 3.63. The van der Waals surface area contributed by atoms with Crippen molar-refractivity contribution in [3.05, 3.63) is 24.0 Å². The van der Waals surface area contributed by atoms with Crippen LogP contribution in [0.2, 0.25) is 0 Å². The Bertz CT molecular complexity index is 574. The van der Waals surface area contributed by atoms with Gasteiger partial charge in [-0.1, -0.05) is 0 Å². The number of nitrogen functional groups attached to an aromatic ring is 1. The van der Waals surface area contributed by atoms with Crippen LogP contribution in [-0.4, -0.2) is 20.6 Å². The molecule has 2 N–H and O–H groups in total. The minimum atomic E-state index is -0.270. The minimum absolute atomic E-state index is 0.270. The maximum Gasteiger partial charge on any atom is 0.201 e. The highest BCUT2D eigenvalue weighted by Gasteiger charge is 2.42. The highest BCUT2D eigenvalue weighted by atomic mass is 32.2. The topological polar surface area (TPSA) is 43.8 Å². The van der Waals surface area contributed by atoms with Crippen molar-refractivity contribution in [3.63, 3.8) is 0 Å². The Kier molecular flexibility index (Phi) is 2.33. The van der Waals surface area contributed by atoms with Gasteiger partial charge in [-0.2, -0.15) is 11.8 Å². The van der Waals surface area contributed by atoms with E-state index in [0.717, 1.165) is 12.1 Å². The Morgan fingerprint density at radius 1 is 1.53 bits per heavy atom. The Balaban J connectivity index is 2.06. The molecule has 1 aliphatic rings. The van der Waals surface area contributed by atoms with Crippen LogP contribution in [0.3, 0.4) is 0 Å². The Morgan fingerprint density at radius 2 is 2.29 bits per heavy atom. The SMILES string of the molecule is CSC1(Cn2c(N)nc3cc(F)ccc32)CC1. The van der Waals surface area contributed by atoms with E-state index in [1.165, 1.54) is 25.0 Å². The summed E-state index contributed by atoms with van der Waals surface area (Å²) in [5.74, 6) is 0.207. The monoisotopic (exact) mass is 251 g/mol. The standard InChI is InChI=1S/C12H14FN3S/c1-17-12(4-5-12)7-16-10-3-2-8(13)6-9(10)15-11(16)14/h2-3,6H,4-5,7H2,1H3,(H2,14,15). The fourth-order valence-electron chi connectivity index (χ4n) is 2.14. The van der Waals surface area contributed by atoms with Gasteiger partial charge in [0.1, 0.15) is 5.82 Å². The van der Waals surface area contributed by atoms with Gasteiger partial charge in [-0.05, 0) is 31.2 Å². The number of aromatic nitrogens is 2. The lowest BCUT2D eigenvalue weighted by atomic mass is 10.3. The normalized spacial score (nSPS) is 17.5. The van der Waals surface area contributed by atoms with E-state index in [2.05, 4.69) is 11.2 Å². The molecule has 1 fully saturated rings. The molecule has 1 aliphatic carbocycles. The number of benzene rings is 1. The second-order valence-corrected chi connectivity index (χ2v) is 5.85. The first kappa shape index (κ1) is 10.9. The molecule has 1 aromatic heterocycles. The number of thioether (sulfide) groups is 1. The number of anilines is 1. The maximum atomic E-state index is 13.1. The summed E-state index contributed by atoms with van der Waals surface area (Å²) < 4.78 is 15.4. The van der Waals surface area contributed by atoms with E-state index in [9.17, 15) is 4.39 Å². The third kappa shape index (κ3) is 1.78. The molecule has 3 rings (SSSR count). The van der Waals surface area contributed by atoms with Gasteiger partial charge in [-0.3, -0.25) is 0 Å². The predicted octanol–water partition coefficient (Wildman–Crippen LogP) is 2.65. The van der Waals surface area contributed by atoms with Gasteiger partial charge in [0.15, 0.2) is 0 Å². The molecule has 0 atom stereocenters. The molecule has 1 saturated carbocycles. The predicted molar refractivity (Wildman–Crippen MR) is 69.6 cm³/mol. The molecule has 1 aromatic carbocycles. The molecular formula is C12H14FN3S. The van der Waals surface area contributed by atoms with Gasteiger partial charge in [-0.15, -0.1) is 0 Å². The number of imidazole rings is 1. The Morgan fingerprint density at radius 3 is 2.94 bits per heavy atom. The van der Waals surface area contributed by atoms with Crippen LogP contribution in [0.15, 0.2) is 18.2 Å². The largest absolute Gasteiger partial charge is 0.369 e. The van der Waals surface area contributed by atoms with Crippen LogP contribution in [0.5, 0.6) is 0 Å². The van der Waals surface area contributed by atoms with Crippen LogP contribution in [-0.2, 0) is 6.54 Å². The van der Waals surface area contributed by atoms with E-state index in [0.29, 0.717) is 16.2 Å². The van der Waals surface area contributed by atoms with Crippen molar-refractivity contribution in [2.24, 2.45) is 0 Å². The van der Waals surface area contributed by atoms with Crippen LogP contribution in [0.1, 0.15) is 12.8 Å². The lowest BCUT2D eigenvalue weighted by Crippen LogP contribution is -2.15. The summed E-state index contributed by atoms with van der Waals surface area (Å²) in [7, 11) is 0. The second-order valence-electron chi connectivity index (χ2n) is 4.58. The average Bonchev–Trinajstić information content (AvgIpc) is 3.01. The van der Waals surface area contributed by atoms with E-state index in [-0.39, 0.29) is 5.82 Å². The number of hydrogen-bond donors (Lipinski definition) is 1. The highest BCUT2D eigenvalue weighted by molar-refractivity contribution is 8.00. The van der Waals surface area contributed by atoms with E-state index in [1.54, 1.807) is 6.07 Å². The molecule has 2 aromatic rings. The van der Waals surface area contributed by atoms with Gasteiger partial charge < -0.3 is 10.3 Å². The fourth-order valence-corrected chi connectivity index (χ4v) is 2.91. The van der Waals surface area contributed by atoms with Crippen LogP contribution >= 0.6 is 11.8 Å². The number of halogens is 1. The molecule has 0 bridgehead atoms. The first-order valence-corrected chi connectivity index (χ1v) is 6.82. The molecular weight excluding hydrogens is 237 g/mol. The van der Waals surface area contributed by atoms with Gasteiger partial charge in [0.25, 0.3) is 0 Å². The zero-order chi connectivity index (χ0) is 12.0. The van der Waals surface area contributed by atoms with Gasteiger partial charge >= 0.3 is 0 Å². The molecule has 0 spiro atoms. The molecule has 5 heteroatoms. The van der Waals surface area contributed by atoms with Gasteiger partial charge in [0, 0.05) is 17.4 Å². The molecule has 0 radical (unpaired) electrons. The summed E-state index contributed by atoms with van der Waals surface area (Å²) in [5, 5.41) is 0. The van der Waals surface area contributed by atoms with Crippen LogP contribution in [0.25, 0.3) is 11.0 Å². The summed E-state index contributed by atoms with van der Waals surface area (Å²) in [6, 6.07) is 4.64. The van der Waals surface area contributed by atoms with Crippen molar-refractivity contribution < 1.29 is 4.39 Å². The Labute approximate surface area is 103 Å². The minimum Gasteiger partial charge on any atom is -0.369 e. The number of rotatable bonds is 3. The van der Waals surface area contributed by atoms with Crippen molar-refractivity contribution in [2.45, 2.75) is 24.1 Å². The maximum absolute atomic E-state index is 13.1. The zero-order valence-corrected chi connectivity index (χ0v) is 10.4. The number of nitrogens with zero attached hydrogens (tertiary/aromatic N) is 2. The first-order valence-electron chi connectivity index (χ1n) is 5.60. The third-order valence-electron chi connectivity index (χ3n) is 3.43. The first-order chi connectivity index (χ1) is 8.13. The Hall–Kier alpha value is -1.23. The molecule has 1 heterocycles. The summed E-state index contributed by atoms with van der Waals surface area (Å²) in [5.41, 5.74) is 7.47. The van der Waals surface area contributed by atoms with Crippen molar-refractivity contribution in [1.29, 1.82) is 0 Å². The van der Waals surface area contributed by atoms with Gasteiger partial charge in [0.05, 0.1) is 11.0 Å². The van der Waals surface area contributed by atoms with Gasteiger partial charge in [-0.25, -0.2) is 9.37 Å². The van der Waals surface area contributed by atoms with Gasteiger partial charge in [0.2, 0.25) is 5.95 Å². The molecule has 0 saturated heterocycles. The van der Waals surface area contributed by atoms with E-state index in [1.807, 2.05) is 16.3 Å². The third-order valence-corrected chi connectivity index (χ3v) is 4.83. The molecule has 0 unspecified atom stereocenters. The van der Waals surface area contributed by atoms with E-state index in [4.69, 9.17) is 5.73 Å². The highest BCUT2D eigenvalue weighted by Crippen LogP contribution is 2.49. The number of nitrogens with two attached hydrogens (primary N) is 1. The van der Waals surface area contributed by atoms with Crippen molar-refractivity contribution in [1.82, 2.24) is 9.55 Å². The summed E-state index contributed by atoms with van der Waals surface area (Å²) in [6.07, 6.45) is 4.56. The summed E-state index contributed by atoms with van der Waals surface area (Å²) in [4.78, 5) is 4.21. The molecule has 17 heavy (non-hydrogen) atoms. The van der Waals surface area contributed by atoms with E-state index >= 15 is 0 Å². The molecule has 3 nitrogen and oxygen atoms in total.